The number of ether oxygens (including phenoxy) is 1. The SMILES string of the molecule is c1cc(OCCNC2Cc3ccccc3C2)cc(-c2noc3ccsc23)c1. The van der Waals surface area contributed by atoms with E-state index in [1.807, 2.05) is 35.7 Å². The zero-order chi connectivity index (χ0) is 18.1. The van der Waals surface area contributed by atoms with Crippen LogP contribution in [0, 0.1) is 0 Å². The molecule has 0 atom stereocenters. The van der Waals surface area contributed by atoms with E-state index < -0.39 is 0 Å². The van der Waals surface area contributed by atoms with Crippen LogP contribution in [0.4, 0.5) is 0 Å². The highest BCUT2D eigenvalue weighted by atomic mass is 32.1. The van der Waals surface area contributed by atoms with Gasteiger partial charge in [0.1, 0.15) is 22.8 Å². The van der Waals surface area contributed by atoms with Crippen LogP contribution < -0.4 is 10.1 Å². The van der Waals surface area contributed by atoms with Gasteiger partial charge >= 0.3 is 0 Å². The predicted molar refractivity (Wildman–Crippen MR) is 108 cm³/mol. The smallest absolute Gasteiger partial charge is 0.178 e. The Morgan fingerprint density at radius 1 is 1.07 bits per heavy atom. The predicted octanol–water partition coefficient (Wildman–Crippen LogP) is 4.69. The summed E-state index contributed by atoms with van der Waals surface area (Å²) in [4.78, 5) is 0. The van der Waals surface area contributed by atoms with Crippen molar-refractivity contribution in [1.29, 1.82) is 0 Å². The number of nitrogens with one attached hydrogen (secondary N) is 1. The van der Waals surface area contributed by atoms with Crippen molar-refractivity contribution in [2.75, 3.05) is 13.2 Å². The Morgan fingerprint density at radius 3 is 2.78 bits per heavy atom. The summed E-state index contributed by atoms with van der Waals surface area (Å²) in [7, 11) is 0. The Kier molecular flexibility index (Phi) is 4.40. The molecule has 2 aromatic carbocycles. The summed E-state index contributed by atoms with van der Waals surface area (Å²) in [6, 6.07) is 19.2. The maximum absolute atomic E-state index is 5.96. The van der Waals surface area contributed by atoms with Gasteiger partial charge < -0.3 is 14.6 Å². The van der Waals surface area contributed by atoms with E-state index in [4.69, 9.17) is 9.26 Å². The highest BCUT2D eigenvalue weighted by molar-refractivity contribution is 7.17. The topological polar surface area (TPSA) is 47.3 Å². The van der Waals surface area contributed by atoms with Crippen LogP contribution in [0.25, 0.3) is 21.5 Å². The molecular formula is C22H20N2O2S. The Labute approximate surface area is 161 Å². The van der Waals surface area contributed by atoms with Crippen LogP contribution in [0.15, 0.2) is 64.5 Å². The van der Waals surface area contributed by atoms with E-state index in [9.17, 15) is 0 Å². The summed E-state index contributed by atoms with van der Waals surface area (Å²) in [5.41, 5.74) is 5.68. The number of aromatic nitrogens is 1. The molecule has 136 valence electrons. The van der Waals surface area contributed by atoms with Gasteiger partial charge in [0.05, 0.1) is 0 Å². The highest BCUT2D eigenvalue weighted by Crippen LogP contribution is 2.33. The average molecular weight is 376 g/mol. The fourth-order valence-electron chi connectivity index (χ4n) is 3.73. The van der Waals surface area contributed by atoms with Crippen LogP contribution in [-0.4, -0.2) is 24.4 Å². The summed E-state index contributed by atoms with van der Waals surface area (Å²) < 4.78 is 12.4. The van der Waals surface area contributed by atoms with E-state index >= 15 is 0 Å². The van der Waals surface area contributed by atoms with E-state index in [0.717, 1.165) is 46.7 Å². The van der Waals surface area contributed by atoms with Crippen LogP contribution >= 0.6 is 11.3 Å². The fourth-order valence-corrected chi connectivity index (χ4v) is 4.55. The van der Waals surface area contributed by atoms with Crippen LogP contribution in [0.2, 0.25) is 0 Å². The molecular weight excluding hydrogens is 356 g/mol. The van der Waals surface area contributed by atoms with Gasteiger partial charge in [-0.2, -0.15) is 0 Å². The zero-order valence-corrected chi connectivity index (χ0v) is 15.7. The number of hydrogen-bond donors (Lipinski definition) is 1. The van der Waals surface area contributed by atoms with Gasteiger partial charge in [0.2, 0.25) is 0 Å². The van der Waals surface area contributed by atoms with Gasteiger partial charge in [-0.25, -0.2) is 0 Å². The first-order chi connectivity index (χ1) is 13.4. The Balaban J connectivity index is 1.17. The minimum absolute atomic E-state index is 0.513. The second-order valence-corrected chi connectivity index (χ2v) is 7.77. The number of hydrogen-bond acceptors (Lipinski definition) is 5. The summed E-state index contributed by atoms with van der Waals surface area (Å²) >= 11 is 1.64. The molecule has 2 aromatic heterocycles. The lowest BCUT2D eigenvalue weighted by Gasteiger charge is -2.13. The second-order valence-electron chi connectivity index (χ2n) is 6.85. The number of rotatable bonds is 6. The number of fused-ring (bicyclic) bond motifs is 2. The van der Waals surface area contributed by atoms with E-state index in [-0.39, 0.29) is 0 Å². The summed E-state index contributed by atoms with van der Waals surface area (Å²) in [6.45, 7) is 1.48. The monoisotopic (exact) mass is 376 g/mol. The van der Waals surface area contributed by atoms with E-state index in [1.54, 1.807) is 11.3 Å². The Hall–Kier alpha value is -2.63. The molecule has 4 aromatic rings. The lowest BCUT2D eigenvalue weighted by molar-refractivity contribution is 0.306. The van der Waals surface area contributed by atoms with Crippen molar-refractivity contribution in [2.24, 2.45) is 0 Å². The number of nitrogens with zero attached hydrogens (tertiary/aromatic N) is 1. The van der Waals surface area contributed by atoms with Crippen molar-refractivity contribution in [3.8, 4) is 17.0 Å². The number of thiophene rings is 1. The molecule has 0 spiro atoms. The van der Waals surface area contributed by atoms with Crippen molar-refractivity contribution in [3.05, 3.63) is 71.1 Å². The molecule has 2 heterocycles. The van der Waals surface area contributed by atoms with Crippen molar-refractivity contribution in [1.82, 2.24) is 10.5 Å². The normalized spacial score (nSPS) is 13.9. The molecule has 0 saturated carbocycles. The largest absolute Gasteiger partial charge is 0.492 e. The van der Waals surface area contributed by atoms with Gasteiger partial charge in [-0.3, -0.25) is 0 Å². The van der Waals surface area contributed by atoms with Crippen LogP contribution in [0.1, 0.15) is 11.1 Å². The molecule has 5 heteroatoms. The molecule has 5 rings (SSSR count). The van der Waals surface area contributed by atoms with E-state index in [2.05, 4.69) is 34.7 Å². The first-order valence-corrected chi connectivity index (χ1v) is 10.1. The van der Waals surface area contributed by atoms with Crippen molar-refractivity contribution in [3.63, 3.8) is 0 Å². The molecule has 0 saturated heterocycles. The third kappa shape index (κ3) is 3.36. The molecule has 1 aliphatic carbocycles. The summed E-state index contributed by atoms with van der Waals surface area (Å²) in [6.07, 6.45) is 2.21. The fraction of sp³-hybridized carbons (Fsp3) is 0.227. The molecule has 27 heavy (non-hydrogen) atoms. The van der Waals surface area contributed by atoms with Crippen LogP contribution in [0.5, 0.6) is 5.75 Å². The first-order valence-electron chi connectivity index (χ1n) is 9.23. The third-order valence-corrected chi connectivity index (χ3v) is 5.94. The first kappa shape index (κ1) is 16.5. The van der Waals surface area contributed by atoms with Gasteiger partial charge in [-0.15, -0.1) is 11.3 Å². The lowest BCUT2D eigenvalue weighted by atomic mass is 10.1. The molecule has 1 aliphatic rings. The molecule has 0 unspecified atom stereocenters. The second kappa shape index (κ2) is 7.18. The van der Waals surface area contributed by atoms with Gasteiger partial charge in [-0.05, 0) is 47.5 Å². The van der Waals surface area contributed by atoms with E-state index in [1.165, 1.54) is 11.1 Å². The van der Waals surface area contributed by atoms with E-state index in [0.29, 0.717) is 12.6 Å². The molecule has 1 N–H and O–H groups in total. The molecule has 0 amide bonds. The maximum atomic E-state index is 5.96. The average Bonchev–Trinajstić information content (AvgIpc) is 3.40. The van der Waals surface area contributed by atoms with Crippen molar-refractivity contribution < 1.29 is 9.26 Å². The third-order valence-electron chi connectivity index (χ3n) is 5.04. The van der Waals surface area contributed by atoms with Gasteiger partial charge in [0, 0.05) is 18.2 Å². The molecule has 0 aliphatic heterocycles. The quantitative estimate of drug-likeness (QED) is 0.496. The van der Waals surface area contributed by atoms with Gasteiger partial charge in [0.15, 0.2) is 5.58 Å². The maximum Gasteiger partial charge on any atom is 0.178 e. The highest BCUT2D eigenvalue weighted by Gasteiger charge is 2.19. The van der Waals surface area contributed by atoms with Crippen LogP contribution in [0.3, 0.4) is 0 Å². The molecule has 0 fully saturated rings. The molecule has 4 nitrogen and oxygen atoms in total. The molecule has 0 radical (unpaired) electrons. The minimum Gasteiger partial charge on any atom is -0.492 e. The summed E-state index contributed by atoms with van der Waals surface area (Å²) in [5, 5.41) is 9.83. The van der Waals surface area contributed by atoms with Gasteiger partial charge in [0.25, 0.3) is 0 Å². The molecule has 0 bridgehead atoms. The summed E-state index contributed by atoms with van der Waals surface area (Å²) in [5.74, 6) is 0.858. The Morgan fingerprint density at radius 2 is 1.93 bits per heavy atom. The standard InChI is InChI=1S/C22H20N2O2S/c1-2-5-16-13-18(12-15(16)4-1)23-9-10-25-19-7-3-6-17(14-19)21-22-20(26-24-21)8-11-27-22/h1-8,11,14,18,23H,9-10,12-13H2. The zero-order valence-electron chi connectivity index (χ0n) is 14.9. The van der Waals surface area contributed by atoms with Crippen molar-refractivity contribution >= 4 is 21.6 Å². The minimum atomic E-state index is 0.513. The Bertz CT molecular complexity index is 1040. The lowest BCUT2D eigenvalue weighted by Crippen LogP contribution is -2.33. The van der Waals surface area contributed by atoms with Crippen molar-refractivity contribution in [2.45, 2.75) is 18.9 Å². The van der Waals surface area contributed by atoms with Crippen LogP contribution in [-0.2, 0) is 12.8 Å². The number of benzene rings is 2. The van der Waals surface area contributed by atoms with Gasteiger partial charge in [-0.1, -0.05) is 41.6 Å².